The molecule has 1 unspecified atom stereocenters. The van der Waals surface area contributed by atoms with Crippen LogP contribution in [0.5, 0.6) is 5.75 Å². The van der Waals surface area contributed by atoms with Crippen LogP contribution in [0.15, 0.2) is 42.5 Å². The molecule has 0 radical (unpaired) electrons. The molecule has 0 fully saturated rings. The second kappa shape index (κ2) is 12.9. The van der Waals surface area contributed by atoms with Crippen molar-refractivity contribution in [1.29, 1.82) is 0 Å². The Morgan fingerprint density at radius 2 is 1.85 bits per heavy atom. The summed E-state index contributed by atoms with van der Waals surface area (Å²) in [6.07, 6.45) is 0.277. The minimum absolute atomic E-state index is 0. The van der Waals surface area contributed by atoms with E-state index in [1.165, 1.54) is 12.1 Å². The second-order valence-electron chi connectivity index (χ2n) is 5.81. The van der Waals surface area contributed by atoms with Crippen LogP contribution in [0.1, 0.15) is 23.5 Å². The van der Waals surface area contributed by atoms with Gasteiger partial charge in [-0.25, -0.2) is 4.39 Å². The number of halogens is 1. The van der Waals surface area contributed by atoms with Gasteiger partial charge in [-0.15, -0.1) is 17.7 Å². The van der Waals surface area contributed by atoms with E-state index in [1.54, 1.807) is 44.4 Å². The largest absolute Gasteiger partial charge is 2.00 e. The first-order valence-corrected chi connectivity index (χ1v) is 8.09. The van der Waals surface area contributed by atoms with Gasteiger partial charge in [-0.3, -0.25) is 4.79 Å². The fourth-order valence-corrected chi connectivity index (χ4v) is 2.60. The van der Waals surface area contributed by atoms with Gasteiger partial charge < -0.3 is 21.8 Å². The maximum Gasteiger partial charge on any atom is 2.00 e. The fraction of sp³-hybridized carbons (Fsp3) is 0.333. The summed E-state index contributed by atoms with van der Waals surface area (Å²) in [5, 5.41) is 0. The number of carbonyl (C=O) groups is 1. The maximum absolute atomic E-state index is 13.3. The van der Waals surface area contributed by atoms with Crippen LogP contribution in [-0.2, 0) is 9.53 Å². The standard InChI is InChI=1S/C20H23FNO3.CH3.U/c1-22(11-12-24-2)20(23)14-19(15-7-9-17(21)10-8-15)16-5-4-6-18(13-16)25-3;;/h4-5,7-10,13,19H,11-12,14H2,1-3H3;1H3;/q2*-1;+2. The number of amides is 1. The van der Waals surface area contributed by atoms with Crippen molar-refractivity contribution in [3.63, 3.8) is 0 Å². The number of methoxy groups -OCH3 is 2. The van der Waals surface area contributed by atoms with Gasteiger partial charge in [0, 0.05) is 32.9 Å². The third-order valence-corrected chi connectivity index (χ3v) is 4.13. The first kappa shape index (κ1) is 25.7. The predicted octanol–water partition coefficient (Wildman–Crippen LogP) is 3.71. The predicted molar refractivity (Wildman–Crippen MR) is 101 cm³/mol. The van der Waals surface area contributed by atoms with Crippen molar-refractivity contribution in [2.24, 2.45) is 0 Å². The van der Waals surface area contributed by atoms with Gasteiger partial charge >= 0.3 is 31.1 Å². The molecule has 144 valence electrons. The van der Waals surface area contributed by atoms with E-state index < -0.39 is 0 Å². The Morgan fingerprint density at radius 3 is 2.44 bits per heavy atom. The monoisotopic (exact) mass is 597 g/mol. The van der Waals surface area contributed by atoms with Crippen LogP contribution < -0.4 is 4.74 Å². The molecular weight excluding hydrogens is 571 g/mol. The molecule has 27 heavy (non-hydrogen) atoms. The van der Waals surface area contributed by atoms with Crippen LogP contribution in [0.3, 0.4) is 0 Å². The summed E-state index contributed by atoms with van der Waals surface area (Å²) in [6.45, 7) is 1.01. The molecule has 6 heteroatoms. The SMILES string of the molecule is COCCN(C)C(=O)CC(c1ccc(F)cc1)c1cc[c-]c(OC)c1.[CH3-].[U+2]. The summed E-state index contributed by atoms with van der Waals surface area (Å²) in [5.74, 6) is 0.106. The molecule has 0 bridgehead atoms. The zero-order valence-corrected chi connectivity index (χ0v) is 20.5. The number of benzene rings is 2. The van der Waals surface area contributed by atoms with Crippen molar-refractivity contribution in [3.8, 4) is 5.75 Å². The average Bonchev–Trinajstić information content (AvgIpc) is 2.64. The molecule has 1 amide bonds. The Hall–Kier alpha value is -1.35. The third-order valence-electron chi connectivity index (χ3n) is 4.13. The Bertz CT molecular complexity index is 694. The van der Waals surface area contributed by atoms with Crippen molar-refractivity contribution in [1.82, 2.24) is 4.90 Å². The molecule has 4 nitrogen and oxygen atoms in total. The second-order valence-corrected chi connectivity index (χ2v) is 5.81. The Balaban J connectivity index is 0.00000338. The van der Waals surface area contributed by atoms with E-state index in [0.717, 1.165) is 11.1 Å². The van der Waals surface area contributed by atoms with Crippen molar-refractivity contribution in [3.05, 3.63) is 72.9 Å². The summed E-state index contributed by atoms with van der Waals surface area (Å²) >= 11 is 0. The van der Waals surface area contributed by atoms with E-state index in [0.29, 0.717) is 18.9 Å². The molecule has 0 aliphatic carbocycles. The molecule has 2 aromatic carbocycles. The fourth-order valence-electron chi connectivity index (χ4n) is 2.60. The first-order valence-electron chi connectivity index (χ1n) is 8.09. The van der Waals surface area contributed by atoms with Gasteiger partial charge in [0.25, 0.3) is 0 Å². The van der Waals surface area contributed by atoms with E-state index in [-0.39, 0.29) is 62.6 Å². The van der Waals surface area contributed by atoms with Crippen molar-refractivity contribution >= 4 is 5.91 Å². The quantitative estimate of drug-likeness (QED) is 0.436. The van der Waals surface area contributed by atoms with Crippen LogP contribution >= 0.6 is 0 Å². The van der Waals surface area contributed by atoms with Gasteiger partial charge in [-0.1, -0.05) is 12.1 Å². The van der Waals surface area contributed by atoms with Crippen LogP contribution in [0.4, 0.5) is 4.39 Å². The first-order chi connectivity index (χ1) is 12.0. The molecule has 0 saturated heterocycles. The molecule has 1 atom stereocenters. The Morgan fingerprint density at radius 1 is 1.19 bits per heavy atom. The molecule has 0 aromatic heterocycles. The van der Waals surface area contributed by atoms with Gasteiger partial charge in [-0.2, -0.15) is 12.1 Å². The maximum atomic E-state index is 13.3. The van der Waals surface area contributed by atoms with E-state index in [1.807, 2.05) is 12.1 Å². The zero-order chi connectivity index (χ0) is 18.2. The number of ether oxygens (including phenoxy) is 2. The molecular formula is C21H26FNO3U. The number of nitrogens with zero attached hydrogens (tertiary/aromatic N) is 1. The number of carbonyl (C=O) groups excluding carboxylic acids is 1. The number of hydrogen-bond donors (Lipinski definition) is 0. The van der Waals surface area contributed by atoms with E-state index >= 15 is 0 Å². The normalized spacial score (nSPS) is 11.0. The van der Waals surface area contributed by atoms with Gasteiger partial charge in [0.15, 0.2) is 0 Å². The summed E-state index contributed by atoms with van der Waals surface area (Å²) in [7, 11) is 4.93. The van der Waals surface area contributed by atoms with Gasteiger partial charge in [0.2, 0.25) is 5.91 Å². The topological polar surface area (TPSA) is 38.8 Å². The minimum atomic E-state index is -0.301. The zero-order valence-electron chi connectivity index (χ0n) is 16.3. The Kier molecular flexibility index (Phi) is 12.3. The van der Waals surface area contributed by atoms with Gasteiger partial charge in [0.05, 0.1) is 13.7 Å². The van der Waals surface area contributed by atoms with Crippen molar-refractivity contribution in [2.75, 3.05) is 34.4 Å². The van der Waals surface area contributed by atoms with Crippen LogP contribution in [0.2, 0.25) is 0 Å². The summed E-state index contributed by atoms with van der Waals surface area (Å²) in [5.41, 5.74) is 1.80. The molecule has 0 aliphatic heterocycles. The number of likely N-dealkylation sites (N-methyl/N-ethyl adjacent to an activating group) is 1. The van der Waals surface area contributed by atoms with E-state index in [2.05, 4.69) is 6.07 Å². The van der Waals surface area contributed by atoms with Crippen LogP contribution in [0, 0.1) is 50.4 Å². The molecule has 2 aromatic rings. The minimum Gasteiger partial charge on any atom is -0.523 e. The summed E-state index contributed by atoms with van der Waals surface area (Å²) < 4.78 is 23.5. The van der Waals surface area contributed by atoms with Crippen LogP contribution in [-0.4, -0.2) is 45.2 Å². The number of hydrogen-bond acceptors (Lipinski definition) is 3. The molecule has 0 saturated carbocycles. The van der Waals surface area contributed by atoms with E-state index in [4.69, 9.17) is 9.47 Å². The molecule has 2 rings (SSSR count). The molecule has 0 heterocycles. The van der Waals surface area contributed by atoms with Crippen molar-refractivity contribution in [2.45, 2.75) is 12.3 Å². The smallest absolute Gasteiger partial charge is 0.523 e. The molecule has 0 spiro atoms. The third kappa shape index (κ3) is 7.65. The van der Waals surface area contributed by atoms with Gasteiger partial charge in [0.1, 0.15) is 5.82 Å². The number of rotatable bonds is 8. The average molecular weight is 597 g/mol. The summed E-state index contributed by atoms with van der Waals surface area (Å²) in [4.78, 5) is 14.2. The van der Waals surface area contributed by atoms with E-state index in [9.17, 15) is 9.18 Å². The summed E-state index contributed by atoms with van der Waals surface area (Å²) in [6, 6.07) is 14.8. The van der Waals surface area contributed by atoms with Gasteiger partial charge in [-0.05, 0) is 23.6 Å². The van der Waals surface area contributed by atoms with Crippen LogP contribution in [0.25, 0.3) is 0 Å². The molecule has 0 N–H and O–H groups in total. The van der Waals surface area contributed by atoms with Crippen molar-refractivity contribution < 1.29 is 49.8 Å². The Labute approximate surface area is 185 Å². The molecule has 0 aliphatic rings.